The van der Waals surface area contributed by atoms with Crippen molar-refractivity contribution in [3.63, 3.8) is 0 Å². The quantitative estimate of drug-likeness (QED) is 0.713. The Morgan fingerprint density at radius 3 is 2.94 bits per heavy atom. The maximum absolute atomic E-state index is 11.6. The molecule has 1 aromatic heterocycles. The predicted molar refractivity (Wildman–Crippen MR) is 73.3 cm³/mol. The summed E-state index contributed by atoms with van der Waals surface area (Å²) in [5, 5.41) is 2.77. The number of carbonyl (C=O) groups excluding carboxylic acids is 1. The van der Waals surface area contributed by atoms with Crippen molar-refractivity contribution in [3.05, 3.63) is 11.1 Å². The lowest BCUT2D eigenvalue weighted by molar-refractivity contribution is 0.0520. The third kappa shape index (κ3) is 3.22. The Morgan fingerprint density at radius 2 is 2.33 bits per heavy atom. The highest BCUT2D eigenvalue weighted by atomic mass is 32.1. The first kappa shape index (κ1) is 13.3. The van der Waals surface area contributed by atoms with Gasteiger partial charge < -0.3 is 9.64 Å². The molecule has 1 aliphatic carbocycles. The Kier molecular flexibility index (Phi) is 4.58. The fourth-order valence-corrected chi connectivity index (χ4v) is 2.74. The summed E-state index contributed by atoms with van der Waals surface area (Å²) in [5.41, 5.74) is 0.444. The third-order valence-corrected chi connectivity index (χ3v) is 3.84. The molecule has 1 fully saturated rings. The van der Waals surface area contributed by atoms with Crippen molar-refractivity contribution in [2.24, 2.45) is 0 Å². The minimum atomic E-state index is -0.314. The van der Waals surface area contributed by atoms with Crippen LogP contribution in [0.1, 0.15) is 50.0 Å². The first-order valence-corrected chi connectivity index (χ1v) is 7.53. The zero-order valence-electron chi connectivity index (χ0n) is 11.0. The largest absolute Gasteiger partial charge is 0.461 e. The van der Waals surface area contributed by atoms with Crippen molar-refractivity contribution < 1.29 is 9.53 Å². The molecule has 0 saturated heterocycles. The van der Waals surface area contributed by atoms with E-state index < -0.39 is 0 Å². The molecular weight excluding hydrogens is 248 g/mol. The van der Waals surface area contributed by atoms with E-state index in [1.54, 1.807) is 16.7 Å². The highest BCUT2D eigenvalue weighted by Gasteiger charge is 2.30. The lowest BCUT2D eigenvalue weighted by Crippen LogP contribution is -2.26. The number of unbranched alkanes of at least 4 members (excludes halogenated alkanes) is 1. The highest BCUT2D eigenvalue weighted by molar-refractivity contribution is 7.13. The summed E-state index contributed by atoms with van der Waals surface area (Å²) in [6.07, 6.45) is 4.85. The number of hydrogen-bond acceptors (Lipinski definition) is 5. The fourth-order valence-electron chi connectivity index (χ4n) is 1.84. The van der Waals surface area contributed by atoms with Gasteiger partial charge in [0, 0.05) is 18.0 Å². The van der Waals surface area contributed by atoms with Gasteiger partial charge in [0.1, 0.15) is 0 Å². The molecule has 100 valence electrons. The number of esters is 1. The molecule has 1 aromatic rings. The molecule has 0 aromatic carbocycles. The minimum absolute atomic E-state index is 0.314. The average Bonchev–Trinajstić information content (AvgIpc) is 3.07. The van der Waals surface area contributed by atoms with Crippen LogP contribution < -0.4 is 4.90 Å². The van der Waals surface area contributed by atoms with Crippen molar-refractivity contribution in [2.45, 2.75) is 45.6 Å². The van der Waals surface area contributed by atoms with Crippen LogP contribution in [-0.4, -0.2) is 30.1 Å². The molecule has 1 aliphatic rings. The summed E-state index contributed by atoms with van der Waals surface area (Å²) >= 11 is 1.54. The maximum atomic E-state index is 11.6. The number of nitrogens with zero attached hydrogens (tertiary/aromatic N) is 2. The summed E-state index contributed by atoms with van der Waals surface area (Å²) in [5.74, 6) is -0.314. The first-order chi connectivity index (χ1) is 8.76. The van der Waals surface area contributed by atoms with Crippen LogP contribution in [-0.2, 0) is 4.74 Å². The molecule has 0 atom stereocenters. The minimum Gasteiger partial charge on any atom is -0.461 e. The molecule has 0 unspecified atom stereocenters. The lowest BCUT2D eigenvalue weighted by Gasteiger charge is -2.20. The summed E-state index contributed by atoms with van der Waals surface area (Å²) < 4.78 is 4.96. The number of thiazole rings is 1. The van der Waals surface area contributed by atoms with Gasteiger partial charge >= 0.3 is 5.97 Å². The second-order valence-corrected chi connectivity index (χ2v) is 5.35. The number of ether oxygens (including phenoxy) is 1. The van der Waals surface area contributed by atoms with Gasteiger partial charge in [-0.2, -0.15) is 0 Å². The van der Waals surface area contributed by atoms with Crippen molar-refractivity contribution in [1.29, 1.82) is 0 Å². The van der Waals surface area contributed by atoms with Crippen molar-refractivity contribution in [2.75, 3.05) is 18.1 Å². The van der Waals surface area contributed by atoms with Gasteiger partial charge in [-0.1, -0.05) is 13.3 Å². The molecule has 0 spiro atoms. The van der Waals surface area contributed by atoms with E-state index in [2.05, 4.69) is 16.8 Å². The van der Waals surface area contributed by atoms with Gasteiger partial charge in [0.2, 0.25) is 0 Å². The molecule has 0 N–H and O–H groups in total. The van der Waals surface area contributed by atoms with Crippen molar-refractivity contribution in [3.8, 4) is 0 Å². The van der Waals surface area contributed by atoms with E-state index in [-0.39, 0.29) is 5.97 Å². The molecule has 1 heterocycles. The highest BCUT2D eigenvalue weighted by Crippen LogP contribution is 2.33. The monoisotopic (exact) mass is 268 g/mol. The standard InChI is InChI=1S/C13H20N2O2S/c1-3-5-8-15(10-6-7-10)13-14-11(9-18-13)12(16)17-4-2/h9-10H,3-8H2,1-2H3. The molecule has 18 heavy (non-hydrogen) atoms. The van der Waals surface area contributed by atoms with Crippen molar-refractivity contribution in [1.82, 2.24) is 4.98 Å². The van der Waals surface area contributed by atoms with E-state index in [1.165, 1.54) is 25.7 Å². The number of rotatable bonds is 7. The predicted octanol–water partition coefficient (Wildman–Crippen LogP) is 3.09. The van der Waals surface area contributed by atoms with Gasteiger partial charge in [-0.05, 0) is 26.2 Å². The SMILES string of the molecule is CCCCN(c1nc(C(=O)OCC)cs1)C1CC1. The Morgan fingerprint density at radius 1 is 1.56 bits per heavy atom. The molecule has 0 amide bonds. The Balaban J connectivity index is 2.04. The summed E-state index contributed by atoms with van der Waals surface area (Å²) in [4.78, 5) is 18.3. The van der Waals surface area contributed by atoms with Crippen LogP contribution in [0.25, 0.3) is 0 Å². The van der Waals surface area contributed by atoms with Crippen LogP contribution in [0, 0.1) is 0 Å². The van der Waals surface area contributed by atoms with Crippen LogP contribution in [0.15, 0.2) is 5.38 Å². The van der Waals surface area contributed by atoms with Crippen LogP contribution in [0.2, 0.25) is 0 Å². The second-order valence-electron chi connectivity index (χ2n) is 4.51. The number of carbonyl (C=O) groups is 1. The fraction of sp³-hybridized carbons (Fsp3) is 0.692. The molecule has 5 heteroatoms. The van der Waals surface area contributed by atoms with E-state index in [4.69, 9.17) is 4.74 Å². The molecule has 1 saturated carbocycles. The zero-order chi connectivity index (χ0) is 13.0. The van der Waals surface area contributed by atoms with E-state index in [0.717, 1.165) is 11.7 Å². The molecule has 4 nitrogen and oxygen atoms in total. The summed E-state index contributed by atoms with van der Waals surface area (Å²) in [7, 11) is 0. The third-order valence-electron chi connectivity index (χ3n) is 2.96. The Labute approximate surface area is 112 Å². The van der Waals surface area contributed by atoms with Crippen LogP contribution >= 0.6 is 11.3 Å². The van der Waals surface area contributed by atoms with Gasteiger partial charge in [0.15, 0.2) is 10.8 Å². The van der Waals surface area contributed by atoms with Crippen LogP contribution in [0.3, 0.4) is 0 Å². The van der Waals surface area contributed by atoms with E-state index in [9.17, 15) is 4.79 Å². The number of hydrogen-bond donors (Lipinski definition) is 0. The van der Waals surface area contributed by atoms with Gasteiger partial charge in [-0.15, -0.1) is 11.3 Å². The topological polar surface area (TPSA) is 42.4 Å². The average molecular weight is 268 g/mol. The van der Waals surface area contributed by atoms with Crippen molar-refractivity contribution >= 4 is 22.4 Å². The number of aromatic nitrogens is 1. The van der Waals surface area contributed by atoms with Crippen LogP contribution in [0.5, 0.6) is 0 Å². The maximum Gasteiger partial charge on any atom is 0.357 e. The molecule has 0 bridgehead atoms. The number of anilines is 1. The van der Waals surface area contributed by atoms with E-state index in [1.807, 2.05) is 6.92 Å². The zero-order valence-corrected chi connectivity index (χ0v) is 11.8. The molecule has 2 rings (SSSR count). The first-order valence-electron chi connectivity index (χ1n) is 6.65. The van der Waals surface area contributed by atoms with Crippen LogP contribution in [0.4, 0.5) is 5.13 Å². The van der Waals surface area contributed by atoms with Gasteiger partial charge in [-0.25, -0.2) is 9.78 Å². The Hall–Kier alpha value is -1.10. The smallest absolute Gasteiger partial charge is 0.357 e. The molecule has 0 aliphatic heterocycles. The van der Waals surface area contributed by atoms with E-state index >= 15 is 0 Å². The second kappa shape index (κ2) is 6.18. The summed E-state index contributed by atoms with van der Waals surface area (Å²) in [6, 6.07) is 0.637. The molecular formula is C13H20N2O2S. The summed E-state index contributed by atoms with van der Waals surface area (Å²) in [6.45, 7) is 5.44. The van der Waals surface area contributed by atoms with Gasteiger partial charge in [-0.3, -0.25) is 0 Å². The normalized spacial score (nSPS) is 14.6. The van der Waals surface area contributed by atoms with Gasteiger partial charge in [0.25, 0.3) is 0 Å². The molecule has 0 radical (unpaired) electrons. The van der Waals surface area contributed by atoms with E-state index in [0.29, 0.717) is 18.3 Å². The van der Waals surface area contributed by atoms with Gasteiger partial charge in [0.05, 0.1) is 6.61 Å². The lowest BCUT2D eigenvalue weighted by atomic mass is 10.3. The Bertz CT molecular complexity index is 401.